The van der Waals surface area contributed by atoms with Crippen LogP contribution in [-0.2, 0) is 0 Å². The number of benzene rings is 1. The van der Waals surface area contributed by atoms with E-state index in [1.54, 1.807) is 14.0 Å². The molecule has 0 saturated heterocycles. The Morgan fingerprint density at radius 2 is 2.22 bits per heavy atom. The van der Waals surface area contributed by atoms with Gasteiger partial charge in [-0.25, -0.2) is 0 Å². The van der Waals surface area contributed by atoms with Crippen molar-refractivity contribution in [3.63, 3.8) is 0 Å². The Hall–Kier alpha value is -2.15. The third-order valence-corrected chi connectivity index (χ3v) is 2.76. The molecule has 0 aliphatic heterocycles. The molecule has 1 rings (SSSR count). The number of rotatable bonds is 5. The number of carbonyl (C=O) groups excluding carboxylic acids is 1. The van der Waals surface area contributed by atoms with Crippen molar-refractivity contribution >= 4 is 17.3 Å². The number of carbonyl (C=O) groups is 1. The Kier molecular flexibility index (Phi) is 4.22. The normalized spacial score (nSPS) is 11.9. The summed E-state index contributed by atoms with van der Waals surface area (Å²) in [6, 6.07) is 3.58. The van der Waals surface area contributed by atoms with Crippen molar-refractivity contribution in [3.05, 3.63) is 33.9 Å². The molecule has 1 aromatic carbocycles. The molecule has 1 atom stereocenters. The molecule has 0 radical (unpaired) electrons. The van der Waals surface area contributed by atoms with Crippen LogP contribution in [0.1, 0.15) is 17.3 Å². The molecule has 3 N–H and O–H groups in total. The minimum Gasteiger partial charge on any atom is -0.394 e. The van der Waals surface area contributed by atoms with Crippen molar-refractivity contribution in [1.29, 1.82) is 0 Å². The predicted molar refractivity (Wildman–Crippen MR) is 66.6 cm³/mol. The second-order valence-electron chi connectivity index (χ2n) is 3.97. The molecule has 1 aromatic rings. The van der Waals surface area contributed by atoms with Crippen molar-refractivity contribution in [3.8, 4) is 0 Å². The quantitative estimate of drug-likeness (QED) is 0.587. The van der Waals surface area contributed by atoms with Crippen LogP contribution >= 0.6 is 0 Å². The number of primary amides is 1. The first-order chi connectivity index (χ1) is 8.38. The van der Waals surface area contributed by atoms with Gasteiger partial charge in [-0.05, 0) is 19.1 Å². The average Bonchev–Trinajstić information content (AvgIpc) is 2.35. The summed E-state index contributed by atoms with van der Waals surface area (Å²) in [5.41, 5.74) is 5.44. The molecule has 0 fully saturated rings. The average molecular weight is 253 g/mol. The van der Waals surface area contributed by atoms with Gasteiger partial charge in [-0.3, -0.25) is 14.9 Å². The SMILES string of the molecule is CC(CO)N(C)c1cc(C(N)=O)ccc1[N+](=O)[O-]. The number of anilines is 1. The van der Waals surface area contributed by atoms with E-state index in [1.165, 1.54) is 23.1 Å². The second kappa shape index (κ2) is 5.46. The minimum atomic E-state index is -0.656. The molecule has 0 aromatic heterocycles. The molecule has 0 aliphatic carbocycles. The molecular weight excluding hydrogens is 238 g/mol. The number of hydrogen-bond donors (Lipinski definition) is 2. The van der Waals surface area contributed by atoms with E-state index < -0.39 is 10.8 Å². The van der Waals surface area contributed by atoms with Crippen LogP contribution in [0.15, 0.2) is 18.2 Å². The van der Waals surface area contributed by atoms with Crippen LogP contribution in [0, 0.1) is 10.1 Å². The minimum absolute atomic E-state index is 0.136. The van der Waals surface area contributed by atoms with Gasteiger partial charge in [0.15, 0.2) is 0 Å². The number of aliphatic hydroxyl groups excluding tert-OH is 1. The van der Waals surface area contributed by atoms with E-state index in [2.05, 4.69) is 0 Å². The summed E-state index contributed by atoms with van der Waals surface area (Å²) in [6.07, 6.45) is 0. The van der Waals surface area contributed by atoms with Crippen LogP contribution in [-0.4, -0.2) is 35.6 Å². The zero-order chi connectivity index (χ0) is 13.9. The van der Waals surface area contributed by atoms with Gasteiger partial charge >= 0.3 is 0 Å². The lowest BCUT2D eigenvalue weighted by Crippen LogP contribution is -2.32. The fraction of sp³-hybridized carbons (Fsp3) is 0.364. The van der Waals surface area contributed by atoms with Gasteiger partial charge in [0.25, 0.3) is 5.69 Å². The van der Waals surface area contributed by atoms with Crippen LogP contribution in [0.25, 0.3) is 0 Å². The lowest BCUT2D eigenvalue weighted by Gasteiger charge is -2.25. The van der Waals surface area contributed by atoms with Crippen molar-refractivity contribution in [2.24, 2.45) is 5.73 Å². The Labute approximate surface area is 104 Å². The van der Waals surface area contributed by atoms with Gasteiger partial charge in [-0.1, -0.05) is 0 Å². The molecule has 7 heteroatoms. The molecule has 1 amide bonds. The molecule has 0 aliphatic rings. The predicted octanol–water partition coefficient (Wildman–Crippen LogP) is 0.511. The maximum Gasteiger partial charge on any atom is 0.292 e. The van der Waals surface area contributed by atoms with E-state index in [4.69, 9.17) is 10.8 Å². The number of hydrogen-bond acceptors (Lipinski definition) is 5. The second-order valence-corrected chi connectivity index (χ2v) is 3.97. The first-order valence-electron chi connectivity index (χ1n) is 5.30. The van der Waals surface area contributed by atoms with Crippen LogP contribution in [0.3, 0.4) is 0 Å². The zero-order valence-corrected chi connectivity index (χ0v) is 10.2. The van der Waals surface area contributed by atoms with Gasteiger partial charge in [0.2, 0.25) is 5.91 Å². The Morgan fingerprint density at radius 1 is 1.61 bits per heavy atom. The van der Waals surface area contributed by atoms with Crippen LogP contribution in [0.5, 0.6) is 0 Å². The third-order valence-electron chi connectivity index (χ3n) is 2.76. The highest BCUT2D eigenvalue weighted by Crippen LogP contribution is 2.29. The first-order valence-corrected chi connectivity index (χ1v) is 5.30. The lowest BCUT2D eigenvalue weighted by atomic mass is 10.1. The molecule has 7 nitrogen and oxygen atoms in total. The lowest BCUT2D eigenvalue weighted by molar-refractivity contribution is -0.384. The van der Waals surface area contributed by atoms with E-state index in [9.17, 15) is 14.9 Å². The highest BCUT2D eigenvalue weighted by Gasteiger charge is 2.21. The Bertz CT molecular complexity index is 475. The number of likely N-dealkylation sites (N-methyl/N-ethyl adjacent to an activating group) is 1. The summed E-state index contributed by atoms with van der Waals surface area (Å²) in [7, 11) is 1.61. The summed E-state index contributed by atoms with van der Waals surface area (Å²) in [4.78, 5) is 23.0. The molecule has 0 saturated carbocycles. The van der Waals surface area contributed by atoms with Crippen molar-refractivity contribution in [2.75, 3.05) is 18.6 Å². The van der Waals surface area contributed by atoms with Gasteiger partial charge in [0.05, 0.1) is 11.5 Å². The number of nitro groups is 1. The van der Waals surface area contributed by atoms with Crippen LogP contribution in [0.4, 0.5) is 11.4 Å². The number of amides is 1. The molecular formula is C11H15N3O4. The largest absolute Gasteiger partial charge is 0.394 e. The summed E-state index contributed by atoms with van der Waals surface area (Å²) in [5, 5.41) is 20.0. The smallest absolute Gasteiger partial charge is 0.292 e. The van der Waals surface area contributed by atoms with Crippen molar-refractivity contribution in [2.45, 2.75) is 13.0 Å². The number of nitro benzene ring substituents is 1. The number of nitrogens with zero attached hydrogens (tertiary/aromatic N) is 2. The Balaban J connectivity index is 3.31. The van der Waals surface area contributed by atoms with E-state index in [0.717, 1.165) is 0 Å². The summed E-state index contributed by atoms with van der Waals surface area (Å²) >= 11 is 0. The summed E-state index contributed by atoms with van der Waals surface area (Å²) in [6.45, 7) is 1.55. The van der Waals surface area contributed by atoms with Gasteiger partial charge in [-0.15, -0.1) is 0 Å². The third kappa shape index (κ3) is 2.75. The van der Waals surface area contributed by atoms with Crippen molar-refractivity contribution in [1.82, 2.24) is 0 Å². The fourth-order valence-corrected chi connectivity index (χ4v) is 1.47. The Morgan fingerprint density at radius 3 is 2.67 bits per heavy atom. The first kappa shape index (κ1) is 13.9. The van der Waals surface area contributed by atoms with Gasteiger partial charge < -0.3 is 15.7 Å². The molecule has 0 heterocycles. The maximum atomic E-state index is 11.1. The topological polar surface area (TPSA) is 110 Å². The highest BCUT2D eigenvalue weighted by molar-refractivity contribution is 5.94. The fourth-order valence-electron chi connectivity index (χ4n) is 1.47. The van der Waals surface area contributed by atoms with Gasteiger partial charge in [0, 0.05) is 24.7 Å². The monoisotopic (exact) mass is 253 g/mol. The highest BCUT2D eigenvalue weighted by atomic mass is 16.6. The van der Waals surface area contributed by atoms with Crippen LogP contribution in [0.2, 0.25) is 0 Å². The number of nitrogens with two attached hydrogens (primary N) is 1. The van der Waals surface area contributed by atoms with E-state index >= 15 is 0 Å². The van der Waals surface area contributed by atoms with Crippen LogP contribution < -0.4 is 10.6 Å². The molecule has 1 unspecified atom stereocenters. The zero-order valence-electron chi connectivity index (χ0n) is 10.2. The maximum absolute atomic E-state index is 11.1. The van der Waals surface area contributed by atoms with E-state index in [1.807, 2.05) is 0 Å². The summed E-state index contributed by atoms with van der Waals surface area (Å²) < 4.78 is 0. The molecule has 98 valence electrons. The van der Waals surface area contributed by atoms with Crippen molar-refractivity contribution < 1.29 is 14.8 Å². The number of aliphatic hydroxyl groups is 1. The van der Waals surface area contributed by atoms with Gasteiger partial charge in [0.1, 0.15) is 5.69 Å². The molecule has 0 spiro atoms. The van der Waals surface area contributed by atoms with E-state index in [0.29, 0.717) is 0 Å². The standard InChI is InChI=1S/C11H15N3O4/c1-7(6-15)13(2)10-5-8(11(12)16)3-4-9(10)14(17)18/h3-5,7,15H,6H2,1-2H3,(H2,12,16). The van der Waals surface area contributed by atoms with E-state index in [-0.39, 0.29) is 29.6 Å². The molecule has 18 heavy (non-hydrogen) atoms. The molecule has 0 bridgehead atoms. The summed E-state index contributed by atoms with van der Waals surface area (Å²) in [5.74, 6) is -0.656. The van der Waals surface area contributed by atoms with Gasteiger partial charge in [-0.2, -0.15) is 0 Å².